The zero-order valence-corrected chi connectivity index (χ0v) is 13.4. The summed E-state index contributed by atoms with van der Waals surface area (Å²) < 4.78 is 11.2. The van der Waals surface area contributed by atoms with Crippen LogP contribution in [0.2, 0.25) is 0 Å². The standard InChI is InChI=1S/C12H14BO3.C5H5.Fe/c14-12-10-7-3-4-8-11(10)15-13(16-12)9-5-1-2-6-9;1-2-4-5-3-1;/h1-2,5-6,10-11H,3-4,7-8H2;1-5H;/q-1;-5;/t10-,11+;;/m0../s1. The van der Waals surface area contributed by atoms with Crippen LogP contribution in [0.3, 0.4) is 0 Å². The second-order valence-electron chi connectivity index (χ2n) is 5.51. The van der Waals surface area contributed by atoms with Crippen LogP contribution in [0, 0.1) is 5.92 Å². The van der Waals surface area contributed by atoms with Gasteiger partial charge in [0.15, 0.2) is 0 Å². The van der Waals surface area contributed by atoms with E-state index in [0.29, 0.717) is 0 Å². The van der Waals surface area contributed by atoms with E-state index >= 15 is 0 Å². The predicted molar refractivity (Wildman–Crippen MR) is 82.4 cm³/mol. The van der Waals surface area contributed by atoms with Gasteiger partial charge in [-0.3, -0.25) is 4.79 Å². The summed E-state index contributed by atoms with van der Waals surface area (Å²) in [4.78, 5) is 11.8. The molecule has 122 valence electrons. The van der Waals surface area contributed by atoms with Crippen molar-refractivity contribution >= 4 is 18.6 Å². The fraction of sp³-hybridized carbons (Fsp3) is 0.353. The van der Waals surface area contributed by atoms with E-state index in [-0.39, 0.29) is 35.1 Å². The van der Waals surface area contributed by atoms with Gasteiger partial charge in [-0.2, -0.15) is 12.1 Å². The van der Waals surface area contributed by atoms with Crippen molar-refractivity contribution in [2.75, 3.05) is 0 Å². The second kappa shape index (κ2) is 8.37. The molecule has 0 spiro atoms. The number of rotatable bonds is 1. The minimum Gasteiger partial charge on any atom is -0.748 e. The maximum atomic E-state index is 11.8. The first-order chi connectivity index (χ1) is 10.3. The van der Waals surface area contributed by atoms with Gasteiger partial charge < -0.3 is 39.6 Å². The molecule has 0 N–H and O–H groups in total. The van der Waals surface area contributed by atoms with Crippen molar-refractivity contribution in [2.24, 2.45) is 5.92 Å². The maximum absolute atomic E-state index is 11.8. The molecule has 22 heavy (non-hydrogen) atoms. The maximum Gasteiger partial charge on any atom is 0.488 e. The number of carbonyl (C=O) groups is 1. The van der Waals surface area contributed by atoms with Crippen molar-refractivity contribution in [3.05, 3.63) is 54.6 Å². The molecule has 1 saturated heterocycles. The number of hydrogen-bond acceptors (Lipinski definition) is 3. The van der Waals surface area contributed by atoms with Gasteiger partial charge in [-0.15, -0.1) is 5.46 Å². The number of carbonyl (C=O) groups excluding carboxylic acids is 1. The van der Waals surface area contributed by atoms with Crippen molar-refractivity contribution in [1.29, 1.82) is 0 Å². The molecule has 2 atom stereocenters. The molecule has 1 aliphatic carbocycles. The Labute approximate surface area is 142 Å². The van der Waals surface area contributed by atoms with Crippen LogP contribution in [0.15, 0.2) is 54.6 Å². The summed E-state index contributed by atoms with van der Waals surface area (Å²) in [5, 5.41) is 0. The minimum atomic E-state index is -0.484. The van der Waals surface area contributed by atoms with E-state index in [9.17, 15) is 4.79 Å². The van der Waals surface area contributed by atoms with Crippen LogP contribution in [0.25, 0.3) is 0 Å². The second-order valence-corrected chi connectivity index (χ2v) is 5.51. The van der Waals surface area contributed by atoms with Gasteiger partial charge in [0.2, 0.25) is 0 Å². The predicted octanol–water partition coefficient (Wildman–Crippen LogP) is 2.64. The molecule has 1 heterocycles. The minimum absolute atomic E-state index is 0. The third-order valence-corrected chi connectivity index (χ3v) is 4.04. The Hall–Kier alpha value is -1.29. The molecule has 1 aliphatic heterocycles. The first kappa shape index (κ1) is 17.1. The average Bonchev–Trinajstić information content (AvgIpc) is 3.23. The van der Waals surface area contributed by atoms with E-state index in [1.165, 1.54) is 0 Å². The van der Waals surface area contributed by atoms with Gasteiger partial charge in [0.1, 0.15) is 0 Å². The van der Waals surface area contributed by atoms with E-state index in [1.807, 2.05) is 54.6 Å². The van der Waals surface area contributed by atoms with Crippen molar-refractivity contribution < 1.29 is 31.2 Å². The first-order valence-corrected chi connectivity index (χ1v) is 7.59. The number of fused-ring (bicyclic) bond motifs is 1. The molecule has 0 bridgehead atoms. The van der Waals surface area contributed by atoms with Gasteiger partial charge in [-0.05, 0) is 12.8 Å². The van der Waals surface area contributed by atoms with E-state index in [4.69, 9.17) is 9.31 Å². The van der Waals surface area contributed by atoms with E-state index in [2.05, 4.69) is 0 Å². The largest absolute Gasteiger partial charge is 0.748 e. The van der Waals surface area contributed by atoms with Crippen LogP contribution in [-0.2, 0) is 31.2 Å². The van der Waals surface area contributed by atoms with Crippen LogP contribution in [0.5, 0.6) is 0 Å². The number of hydrogen-bond donors (Lipinski definition) is 0. The normalized spacial score (nSPS) is 23.5. The molecule has 0 radical (unpaired) electrons. The molecule has 2 aromatic carbocycles. The molecular formula is C17H19BFeO3-6. The summed E-state index contributed by atoms with van der Waals surface area (Å²) in [6.45, 7) is 0. The van der Waals surface area contributed by atoms with Crippen LogP contribution in [-0.4, -0.2) is 19.2 Å². The van der Waals surface area contributed by atoms with Gasteiger partial charge >= 0.3 is 7.12 Å². The van der Waals surface area contributed by atoms with Crippen molar-refractivity contribution in [3.63, 3.8) is 0 Å². The summed E-state index contributed by atoms with van der Waals surface area (Å²) in [5.41, 5.74) is 0.942. The average molecular weight is 338 g/mol. The molecule has 1 saturated carbocycles. The van der Waals surface area contributed by atoms with Crippen LogP contribution < -0.4 is 5.46 Å². The molecule has 2 aromatic rings. The molecule has 2 fully saturated rings. The summed E-state index contributed by atoms with van der Waals surface area (Å²) in [7, 11) is -0.484. The Morgan fingerprint density at radius 3 is 2.27 bits per heavy atom. The summed E-state index contributed by atoms with van der Waals surface area (Å²) in [6, 6.07) is 17.7. The summed E-state index contributed by atoms with van der Waals surface area (Å²) >= 11 is 0. The van der Waals surface area contributed by atoms with Gasteiger partial charge in [0.25, 0.3) is 5.97 Å². The van der Waals surface area contributed by atoms with Gasteiger partial charge in [-0.25, -0.2) is 12.1 Å². The Bertz CT molecular complexity index is 521. The van der Waals surface area contributed by atoms with Gasteiger partial charge in [-0.1, -0.05) is 12.8 Å². The quantitative estimate of drug-likeness (QED) is 0.592. The third kappa shape index (κ3) is 4.13. The Morgan fingerprint density at radius 2 is 1.64 bits per heavy atom. The third-order valence-electron chi connectivity index (χ3n) is 4.04. The summed E-state index contributed by atoms with van der Waals surface area (Å²) in [5.74, 6) is -0.109. The first-order valence-electron chi connectivity index (χ1n) is 7.59. The fourth-order valence-corrected chi connectivity index (χ4v) is 2.92. The zero-order chi connectivity index (χ0) is 14.5. The SMILES string of the molecule is O=C1OB([c-]2cccc2)O[C@@H]2CCCC[C@H]12.[Fe].[cH-]1[cH-][cH-][cH-][cH-]1. The van der Waals surface area contributed by atoms with Crippen molar-refractivity contribution in [2.45, 2.75) is 31.8 Å². The molecule has 5 heteroatoms. The van der Waals surface area contributed by atoms with Crippen LogP contribution in [0.4, 0.5) is 0 Å². The molecular weight excluding hydrogens is 319 g/mol. The molecule has 3 nitrogen and oxygen atoms in total. The van der Waals surface area contributed by atoms with E-state index < -0.39 is 7.12 Å². The Morgan fingerprint density at radius 1 is 1.05 bits per heavy atom. The van der Waals surface area contributed by atoms with Crippen molar-refractivity contribution in [1.82, 2.24) is 0 Å². The zero-order valence-electron chi connectivity index (χ0n) is 12.3. The molecule has 0 amide bonds. The van der Waals surface area contributed by atoms with Gasteiger partial charge in [0, 0.05) is 17.1 Å². The van der Waals surface area contributed by atoms with Crippen LogP contribution in [0.1, 0.15) is 25.7 Å². The van der Waals surface area contributed by atoms with Crippen LogP contribution >= 0.6 is 0 Å². The fourth-order valence-electron chi connectivity index (χ4n) is 2.92. The van der Waals surface area contributed by atoms with Crippen molar-refractivity contribution in [3.8, 4) is 0 Å². The summed E-state index contributed by atoms with van der Waals surface area (Å²) in [6.07, 6.45) is 4.23. The molecule has 2 aliphatic rings. The smallest absolute Gasteiger partial charge is 0.488 e. The topological polar surface area (TPSA) is 35.5 Å². The molecule has 4 rings (SSSR count). The monoisotopic (exact) mass is 338 g/mol. The van der Waals surface area contributed by atoms with Gasteiger partial charge in [0.05, 0.1) is 12.0 Å². The van der Waals surface area contributed by atoms with E-state index in [1.54, 1.807) is 0 Å². The molecule has 0 aromatic heterocycles. The Balaban J connectivity index is 0.000000253. The Kier molecular flexibility index (Phi) is 6.50. The van der Waals surface area contributed by atoms with E-state index in [0.717, 1.165) is 31.1 Å². The molecule has 0 unspecified atom stereocenters.